The highest BCUT2D eigenvalue weighted by molar-refractivity contribution is 5.54. The van der Waals surface area contributed by atoms with Crippen LogP contribution >= 0.6 is 0 Å². The van der Waals surface area contributed by atoms with Gasteiger partial charge in [-0.3, -0.25) is 0 Å². The topological polar surface area (TPSA) is 3.24 Å². The lowest BCUT2D eigenvalue weighted by Crippen LogP contribution is -2.29. The molecule has 1 fully saturated rings. The van der Waals surface area contributed by atoms with Gasteiger partial charge in [0.2, 0.25) is 0 Å². The maximum atomic E-state index is 5.44. The molecule has 1 aliphatic heterocycles. The summed E-state index contributed by atoms with van der Waals surface area (Å²) < 4.78 is 0. The van der Waals surface area contributed by atoms with Gasteiger partial charge in [-0.1, -0.05) is 24.8 Å². The molecule has 0 aromatic heterocycles. The molecule has 1 radical (unpaired) electrons. The second-order valence-corrected chi connectivity index (χ2v) is 3.81. The molecule has 1 nitrogen and oxygen atoms in total. The van der Waals surface area contributed by atoms with Crippen LogP contribution in [-0.2, 0) is 0 Å². The smallest absolute Gasteiger partial charge is 0.0366 e. The average molecular weight is 186 g/mol. The molecule has 1 saturated heterocycles. The predicted octanol–water partition coefficient (Wildman–Crippen LogP) is 3.12. The Morgan fingerprint density at radius 3 is 2.21 bits per heavy atom. The summed E-state index contributed by atoms with van der Waals surface area (Å²) in [5.41, 5.74) is 2.42. The molecular weight excluding hydrogens is 170 g/mol. The van der Waals surface area contributed by atoms with E-state index in [0.717, 1.165) is 5.56 Å². The predicted molar refractivity (Wildman–Crippen MR) is 61.3 cm³/mol. The van der Waals surface area contributed by atoms with Gasteiger partial charge in [0, 0.05) is 18.8 Å². The Bertz CT molecular complexity index is 294. The first kappa shape index (κ1) is 9.32. The van der Waals surface area contributed by atoms with Crippen molar-refractivity contribution in [3.63, 3.8) is 0 Å². The standard InChI is InChI=1S/C13H16N/c1-2-12-6-8-13(9-7-12)14-10-4-3-5-11-14/h1-2,6-9H,3-5,10-11H2. The van der Waals surface area contributed by atoms with E-state index >= 15 is 0 Å². The van der Waals surface area contributed by atoms with Gasteiger partial charge in [0.15, 0.2) is 0 Å². The maximum Gasteiger partial charge on any atom is 0.0366 e. The highest BCUT2D eigenvalue weighted by Gasteiger charge is 2.09. The molecule has 1 aliphatic rings. The van der Waals surface area contributed by atoms with E-state index in [2.05, 4.69) is 29.2 Å². The Hall–Kier alpha value is -1.24. The second kappa shape index (κ2) is 4.32. The monoisotopic (exact) mass is 186 g/mol. The van der Waals surface area contributed by atoms with Gasteiger partial charge in [-0.2, -0.15) is 0 Å². The maximum absolute atomic E-state index is 5.44. The third kappa shape index (κ3) is 1.98. The minimum atomic E-state index is 1.09. The Labute approximate surface area is 86.1 Å². The molecule has 14 heavy (non-hydrogen) atoms. The third-order valence-corrected chi connectivity index (χ3v) is 2.81. The molecule has 0 N–H and O–H groups in total. The number of nitrogens with zero attached hydrogens (tertiary/aromatic N) is 1. The Kier molecular flexibility index (Phi) is 2.87. The van der Waals surface area contributed by atoms with Gasteiger partial charge < -0.3 is 4.90 Å². The Balaban J connectivity index is 2.11. The summed E-state index contributed by atoms with van der Waals surface area (Å²) in [6.45, 7) is 7.84. The zero-order valence-electron chi connectivity index (χ0n) is 8.45. The molecule has 0 bridgehead atoms. The molecule has 0 unspecified atom stereocenters. The minimum Gasteiger partial charge on any atom is -0.372 e. The number of hydrogen-bond acceptors (Lipinski definition) is 1. The number of rotatable bonds is 2. The molecule has 1 heterocycles. The quantitative estimate of drug-likeness (QED) is 0.686. The summed E-state index contributed by atoms with van der Waals surface area (Å²) in [6.07, 6.45) is 5.67. The zero-order chi connectivity index (χ0) is 9.80. The van der Waals surface area contributed by atoms with E-state index in [1.165, 1.54) is 38.0 Å². The van der Waals surface area contributed by atoms with Gasteiger partial charge in [0.1, 0.15) is 0 Å². The third-order valence-electron chi connectivity index (χ3n) is 2.81. The van der Waals surface area contributed by atoms with Gasteiger partial charge in [0.25, 0.3) is 0 Å². The van der Waals surface area contributed by atoms with E-state index < -0.39 is 0 Å². The van der Waals surface area contributed by atoms with Gasteiger partial charge in [-0.25, -0.2) is 0 Å². The lowest BCUT2D eigenvalue weighted by molar-refractivity contribution is 0.578. The lowest BCUT2D eigenvalue weighted by atomic mass is 10.1. The Morgan fingerprint density at radius 2 is 1.64 bits per heavy atom. The van der Waals surface area contributed by atoms with Crippen LogP contribution in [0.2, 0.25) is 0 Å². The van der Waals surface area contributed by atoms with Crippen LogP contribution in [0.4, 0.5) is 5.69 Å². The van der Waals surface area contributed by atoms with E-state index in [1.807, 2.05) is 0 Å². The first-order valence-corrected chi connectivity index (χ1v) is 5.30. The SMILES string of the molecule is [CH]=Cc1ccc(N2CCCCC2)cc1. The number of anilines is 1. The fourth-order valence-corrected chi connectivity index (χ4v) is 1.95. The van der Waals surface area contributed by atoms with E-state index in [1.54, 1.807) is 6.08 Å². The van der Waals surface area contributed by atoms with Crippen molar-refractivity contribution in [3.8, 4) is 0 Å². The van der Waals surface area contributed by atoms with Crippen LogP contribution in [0.5, 0.6) is 0 Å². The fraction of sp³-hybridized carbons (Fsp3) is 0.385. The van der Waals surface area contributed by atoms with Crippen molar-refractivity contribution in [2.75, 3.05) is 18.0 Å². The van der Waals surface area contributed by atoms with Crippen molar-refractivity contribution in [3.05, 3.63) is 36.4 Å². The largest absolute Gasteiger partial charge is 0.372 e. The van der Waals surface area contributed by atoms with E-state index in [4.69, 9.17) is 6.58 Å². The van der Waals surface area contributed by atoms with Crippen LogP contribution in [0.3, 0.4) is 0 Å². The lowest BCUT2D eigenvalue weighted by Gasteiger charge is -2.28. The van der Waals surface area contributed by atoms with E-state index in [9.17, 15) is 0 Å². The molecule has 1 heteroatoms. The molecule has 0 aliphatic carbocycles. The second-order valence-electron chi connectivity index (χ2n) is 3.81. The molecule has 1 aromatic carbocycles. The molecule has 1 aromatic rings. The van der Waals surface area contributed by atoms with Crippen LogP contribution in [0.15, 0.2) is 24.3 Å². The van der Waals surface area contributed by atoms with E-state index in [-0.39, 0.29) is 0 Å². The molecule has 0 saturated carbocycles. The summed E-state index contributed by atoms with van der Waals surface area (Å²) in [5.74, 6) is 0. The summed E-state index contributed by atoms with van der Waals surface area (Å²) in [4.78, 5) is 2.45. The van der Waals surface area contributed by atoms with Crippen molar-refractivity contribution < 1.29 is 0 Å². The summed E-state index contributed by atoms with van der Waals surface area (Å²) in [6, 6.07) is 8.46. The fourth-order valence-electron chi connectivity index (χ4n) is 1.95. The van der Waals surface area contributed by atoms with Crippen molar-refractivity contribution in [2.24, 2.45) is 0 Å². The normalized spacial score (nSPS) is 16.7. The first-order valence-electron chi connectivity index (χ1n) is 5.30. The summed E-state index contributed by atoms with van der Waals surface area (Å²) in [7, 11) is 0. The van der Waals surface area contributed by atoms with Crippen LogP contribution in [0.1, 0.15) is 24.8 Å². The molecule has 0 amide bonds. The summed E-state index contributed by atoms with van der Waals surface area (Å²) in [5, 5.41) is 0. The van der Waals surface area contributed by atoms with E-state index in [0.29, 0.717) is 0 Å². The molecule has 2 rings (SSSR count). The zero-order valence-corrected chi connectivity index (χ0v) is 8.45. The highest BCUT2D eigenvalue weighted by Crippen LogP contribution is 2.20. The highest BCUT2D eigenvalue weighted by atomic mass is 15.1. The van der Waals surface area contributed by atoms with Crippen LogP contribution in [0, 0.1) is 6.58 Å². The molecule has 73 valence electrons. The van der Waals surface area contributed by atoms with Gasteiger partial charge in [0.05, 0.1) is 0 Å². The van der Waals surface area contributed by atoms with Gasteiger partial charge >= 0.3 is 0 Å². The van der Waals surface area contributed by atoms with Crippen molar-refractivity contribution in [2.45, 2.75) is 19.3 Å². The number of piperidine rings is 1. The molecule has 0 atom stereocenters. The van der Waals surface area contributed by atoms with Crippen LogP contribution in [-0.4, -0.2) is 13.1 Å². The van der Waals surface area contributed by atoms with Crippen molar-refractivity contribution in [1.29, 1.82) is 0 Å². The van der Waals surface area contributed by atoms with Crippen LogP contribution < -0.4 is 4.90 Å². The number of benzene rings is 1. The average Bonchev–Trinajstić information content (AvgIpc) is 2.30. The number of hydrogen-bond donors (Lipinski definition) is 0. The molecular formula is C13H16N. The van der Waals surface area contributed by atoms with Crippen LogP contribution in [0.25, 0.3) is 6.08 Å². The first-order chi connectivity index (χ1) is 6.90. The van der Waals surface area contributed by atoms with Gasteiger partial charge in [-0.15, -0.1) is 0 Å². The minimum absolute atomic E-state index is 1.09. The van der Waals surface area contributed by atoms with Gasteiger partial charge in [-0.05, 0) is 37.0 Å². The molecule has 0 spiro atoms. The van der Waals surface area contributed by atoms with Crippen molar-refractivity contribution in [1.82, 2.24) is 0 Å². The Morgan fingerprint density at radius 1 is 1.00 bits per heavy atom. The van der Waals surface area contributed by atoms with Crippen molar-refractivity contribution >= 4 is 11.8 Å². The summed E-state index contributed by atoms with van der Waals surface area (Å²) >= 11 is 0.